The molecule has 0 aliphatic rings. The Morgan fingerprint density at radius 1 is 1.21 bits per heavy atom. The Bertz CT molecular complexity index is 289. The summed E-state index contributed by atoms with van der Waals surface area (Å²) in [7, 11) is 4.59. The van der Waals surface area contributed by atoms with Crippen molar-refractivity contribution in [1.29, 1.82) is 0 Å². The minimum atomic E-state index is 1.08. The largest absolute Gasteiger partial charge is 0.325 e. The van der Waals surface area contributed by atoms with Crippen LogP contribution in [0.2, 0.25) is 0 Å². The molecule has 0 radical (unpaired) electrons. The highest BCUT2D eigenvalue weighted by Crippen LogP contribution is 2.11. The zero-order chi connectivity index (χ0) is 10.6. The second kappa shape index (κ2) is 4.61. The first-order valence-electron chi connectivity index (χ1n) is 5.41. The molecule has 0 atom stereocenters. The van der Waals surface area contributed by atoms with E-state index in [4.69, 9.17) is 0 Å². The normalized spacial score (nSPS) is 11.7. The third kappa shape index (κ3) is 3.51. The van der Waals surface area contributed by atoms with Gasteiger partial charge in [-0.25, -0.2) is 0 Å². The molecule has 14 heavy (non-hydrogen) atoms. The van der Waals surface area contributed by atoms with Gasteiger partial charge < -0.3 is 4.48 Å². The molecule has 0 aromatic heterocycles. The number of rotatable bonds is 4. The van der Waals surface area contributed by atoms with E-state index in [2.05, 4.69) is 52.2 Å². The smallest absolute Gasteiger partial charge is 0.104 e. The molecule has 0 spiro atoms. The second-order valence-corrected chi connectivity index (χ2v) is 4.81. The zero-order valence-corrected chi connectivity index (χ0v) is 9.88. The van der Waals surface area contributed by atoms with Crippen molar-refractivity contribution in [3.8, 4) is 0 Å². The van der Waals surface area contributed by atoms with Gasteiger partial charge >= 0.3 is 0 Å². The lowest BCUT2D eigenvalue weighted by Gasteiger charge is -2.29. The summed E-state index contributed by atoms with van der Waals surface area (Å²) in [5.41, 5.74) is 2.81. The minimum absolute atomic E-state index is 1.08. The molecule has 0 saturated carbocycles. The SMILES string of the molecule is CCC[N+](C)(C)Cc1cccc(C)c1. The van der Waals surface area contributed by atoms with E-state index >= 15 is 0 Å². The van der Waals surface area contributed by atoms with Crippen LogP contribution in [0.3, 0.4) is 0 Å². The first kappa shape index (κ1) is 11.3. The predicted molar refractivity (Wildman–Crippen MR) is 62.1 cm³/mol. The third-order valence-electron chi connectivity index (χ3n) is 2.52. The first-order valence-corrected chi connectivity index (χ1v) is 5.41. The predicted octanol–water partition coefficient (Wildman–Crippen LogP) is 2.98. The Balaban J connectivity index is 2.68. The van der Waals surface area contributed by atoms with Gasteiger partial charge in [0.05, 0.1) is 20.6 Å². The molecule has 0 aliphatic carbocycles. The van der Waals surface area contributed by atoms with Crippen LogP contribution >= 0.6 is 0 Å². The maximum Gasteiger partial charge on any atom is 0.104 e. The fourth-order valence-electron chi connectivity index (χ4n) is 1.99. The summed E-state index contributed by atoms with van der Waals surface area (Å²) in [5, 5.41) is 0. The van der Waals surface area contributed by atoms with Crippen LogP contribution in [0.5, 0.6) is 0 Å². The molecule has 0 fully saturated rings. The molecule has 0 bridgehead atoms. The number of hydrogen-bond acceptors (Lipinski definition) is 0. The Hall–Kier alpha value is -0.820. The molecule has 1 nitrogen and oxygen atoms in total. The molecule has 1 heteroatoms. The lowest BCUT2D eigenvalue weighted by molar-refractivity contribution is -0.903. The van der Waals surface area contributed by atoms with Crippen LogP contribution in [0.4, 0.5) is 0 Å². The van der Waals surface area contributed by atoms with E-state index in [1.165, 1.54) is 24.1 Å². The van der Waals surface area contributed by atoms with Gasteiger partial charge in [-0.3, -0.25) is 0 Å². The summed E-state index contributed by atoms with van der Waals surface area (Å²) >= 11 is 0. The highest BCUT2D eigenvalue weighted by Gasteiger charge is 2.13. The molecule has 78 valence electrons. The molecule has 1 rings (SSSR count). The molecule has 1 aromatic carbocycles. The number of hydrogen-bond donors (Lipinski definition) is 0. The van der Waals surface area contributed by atoms with Crippen molar-refractivity contribution in [3.05, 3.63) is 35.4 Å². The van der Waals surface area contributed by atoms with Gasteiger partial charge in [0.1, 0.15) is 6.54 Å². The molecule has 0 unspecified atom stereocenters. The molecule has 0 amide bonds. The Morgan fingerprint density at radius 2 is 1.93 bits per heavy atom. The summed E-state index contributed by atoms with van der Waals surface area (Å²) < 4.78 is 1.08. The van der Waals surface area contributed by atoms with Crippen molar-refractivity contribution >= 4 is 0 Å². The standard InChI is InChI=1S/C13H22N/c1-5-9-14(3,4)11-13-8-6-7-12(2)10-13/h6-8,10H,5,9,11H2,1-4H3/q+1. The quantitative estimate of drug-likeness (QED) is 0.643. The van der Waals surface area contributed by atoms with E-state index in [-0.39, 0.29) is 0 Å². The van der Waals surface area contributed by atoms with Gasteiger partial charge in [-0.2, -0.15) is 0 Å². The van der Waals surface area contributed by atoms with E-state index < -0.39 is 0 Å². The van der Waals surface area contributed by atoms with Crippen LogP contribution in [-0.4, -0.2) is 25.1 Å². The van der Waals surface area contributed by atoms with Crippen LogP contribution in [-0.2, 0) is 6.54 Å². The zero-order valence-electron chi connectivity index (χ0n) is 9.88. The highest BCUT2D eigenvalue weighted by atomic mass is 15.3. The molecule has 0 N–H and O–H groups in total. The van der Waals surface area contributed by atoms with Gasteiger partial charge in [-0.1, -0.05) is 36.8 Å². The first-order chi connectivity index (χ1) is 6.53. The average Bonchev–Trinajstić information content (AvgIpc) is 2.02. The van der Waals surface area contributed by atoms with E-state index in [0.717, 1.165) is 11.0 Å². The summed E-state index contributed by atoms with van der Waals surface area (Å²) in [5.74, 6) is 0. The van der Waals surface area contributed by atoms with Crippen LogP contribution < -0.4 is 0 Å². The topological polar surface area (TPSA) is 0 Å². The maximum atomic E-state index is 2.30. The van der Waals surface area contributed by atoms with Gasteiger partial charge in [-0.15, -0.1) is 0 Å². The van der Waals surface area contributed by atoms with Crippen molar-refractivity contribution in [2.75, 3.05) is 20.6 Å². The summed E-state index contributed by atoms with van der Waals surface area (Å²) in [6.45, 7) is 6.78. The van der Waals surface area contributed by atoms with E-state index in [1.54, 1.807) is 0 Å². The van der Waals surface area contributed by atoms with Gasteiger partial charge in [-0.05, 0) is 13.3 Å². The lowest BCUT2D eigenvalue weighted by atomic mass is 10.1. The maximum absolute atomic E-state index is 2.30. The van der Waals surface area contributed by atoms with E-state index in [1.807, 2.05) is 0 Å². The van der Waals surface area contributed by atoms with Crippen LogP contribution in [0.15, 0.2) is 24.3 Å². The van der Waals surface area contributed by atoms with Crippen molar-refractivity contribution in [2.24, 2.45) is 0 Å². The fourth-order valence-corrected chi connectivity index (χ4v) is 1.99. The van der Waals surface area contributed by atoms with E-state index in [0.29, 0.717) is 0 Å². The van der Waals surface area contributed by atoms with Gasteiger partial charge in [0.15, 0.2) is 0 Å². The number of benzene rings is 1. The lowest BCUT2D eigenvalue weighted by Crippen LogP contribution is -2.39. The number of nitrogens with zero attached hydrogens (tertiary/aromatic N) is 1. The molecule has 0 heterocycles. The molecule has 1 aromatic rings. The van der Waals surface area contributed by atoms with Gasteiger partial charge in [0.2, 0.25) is 0 Å². The molecular formula is C13H22N+. The van der Waals surface area contributed by atoms with Crippen LogP contribution in [0.1, 0.15) is 24.5 Å². The van der Waals surface area contributed by atoms with Gasteiger partial charge in [0.25, 0.3) is 0 Å². The minimum Gasteiger partial charge on any atom is -0.325 e. The summed E-state index contributed by atoms with van der Waals surface area (Å²) in [4.78, 5) is 0. The summed E-state index contributed by atoms with van der Waals surface area (Å²) in [6, 6.07) is 8.82. The molecule has 0 aliphatic heterocycles. The van der Waals surface area contributed by atoms with Crippen molar-refractivity contribution in [3.63, 3.8) is 0 Å². The molecule has 0 saturated heterocycles. The monoisotopic (exact) mass is 192 g/mol. The third-order valence-corrected chi connectivity index (χ3v) is 2.52. The van der Waals surface area contributed by atoms with Crippen molar-refractivity contribution < 1.29 is 4.48 Å². The van der Waals surface area contributed by atoms with Crippen LogP contribution in [0, 0.1) is 6.92 Å². The second-order valence-electron chi connectivity index (χ2n) is 4.81. The van der Waals surface area contributed by atoms with Crippen molar-refractivity contribution in [1.82, 2.24) is 0 Å². The Labute approximate surface area is 88.0 Å². The number of quaternary nitrogens is 1. The van der Waals surface area contributed by atoms with E-state index in [9.17, 15) is 0 Å². The Kier molecular flexibility index (Phi) is 3.70. The summed E-state index contributed by atoms with van der Waals surface area (Å²) in [6.07, 6.45) is 1.25. The fraction of sp³-hybridized carbons (Fsp3) is 0.538. The van der Waals surface area contributed by atoms with Gasteiger partial charge in [0, 0.05) is 5.56 Å². The Morgan fingerprint density at radius 3 is 2.50 bits per heavy atom. The molecular weight excluding hydrogens is 170 g/mol. The number of aryl methyl sites for hydroxylation is 1. The van der Waals surface area contributed by atoms with Crippen LogP contribution in [0.25, 0.3) is 0 Å². The van der Waals surface area contributed by atoms with Crippen molar-refractivity contribution in [2.45, 2.75) is 26.8 Å². The average molecular weight is 192 g/mol. The highest BCUT2D eigenvalue weighted by molar-refractivity contribution is 5.21.